The second kappa shape index (κ2) is 6.10. The first-order valence-electron chi connectivity index (χ1n) is 6.41. The van der Waals surface area contributed by atoms with Gasteiger partial charge in [0.2, 0.25) is 0 Å². The Bertz CT molecular complexity index is 659. The van der Waals surface area contributed by atoms with Crippen molar-refractivity contribution in [2.45, 2.75) is 13.0 Å². The lowest BCUT2D eigenvalue weighted by molar-refractivity contribution is 0.354. The number of hydrogen-bond donors (Lipinski definition) is 1. The van der Waals surface area contributed by atoms with Gasteiger partial charge in [-0.1, -0.05) is 6.07 Å². The second-order valence-electron chi connectivity index (χ2n) is 4.71. The first kappa shape index (κ1) is 15.3. The van der Waals surface area contributed by atoms with Gasteiger partial charge in [-0.15, -0.1) is 0 Å². The van der Waals surface area contributed by atoms with E-state index in [-0.39, 0.29) is 11.1 Å². The Morgan fingerprint density at radius 3 is 2.24 bits per heavy atom. The van der Waals surface area contributed by atoms with Crippen LogP contribution in [0, 0.1) is 18.6 Å². The van der Waals surface area contributed by atoms with Crippen LogP contribution in [-0.4, -0.2) is 14.2 Å². The summed E-state index contributed by atoms with van der Waals surface area (Å²) in [7, 11) is 3.02. The summed E-state index contributed by atoms with van der Waals surface area (Å²) < 4.78 is 37.9. The molecule has 1 unspecified atom stereocenters. The predicted octanol–water partition coefficient (Wildman–Crippen LogP) is 3.34. The molecule has 21 heavy (non-hydrogen) atoms. The van der Waals surface area contributed by atoms with Gasteiger partial charge >= 0.3 is 0 Å². The maximum atomic E-state index is 14.0. The Labute approximate surface area is 122 Å². The van der Waals surface area contributed by atoms with E-state index in [1.54, 1.807) is 18.2 Å². The molecule has 0 bridgehead atoms. The molecule has 0 heterocycles. The van der Waals surface area contributed by atoms with E-state index in [1.807, 2.05) is 0 Å². The number of methoxy groups -OCH3 is 2. The Hall–Kier alpha value is -2.14. The molecule has 0 saturated heterocycles. The zero-order valence-corrected chi connectivity index (χ0v) is 12.1. The fourth-order valence-electron chi connectivity index (χ4n) is 2.13. The molecule has 2 rings (SSSR count). The van der Waals surface area contributed by atoms with Gasteiger partial charge in [-0.05, 0) is 42.3 Å². The number of benzene rings is 2. The number of ether oxygens (including phenoxy) is 2. The van der Waals surface area contributed by atoms with Crippen molar-refractivity contribution in [3.63, 3.8) is 0 Å². The standard InChI is InChI=1S/C16H17F2NO2/c1-9-6-13(18)11(8-12(9)17)16(19)10-4-5-14(20-2)15(7-10)21-3/h4-8,16H,19H2,1-3H3. The highest BCUT2D eigenvalue weighted by atomic mass is 19.1. The van der Waals surface area contributed by atoms with Crippen LogP contribution in [0.15, 0.2) is 30.3 Å². The number of halogens is 2. The van der Waals surface area contributed by atoms with Crippen LogP contribution in [0.2, 0.25) is 0 Å². The molecule has 0 spiro atoms. The number of hydrogen-bond acceptors (Lipinski definition) is 3. The van der Waals surface area contributed by atoms with Crippen molar-refractivity contribution in [2.75, 3.05) is 14.2 Å². The monoisotopic (exact) mass is 293 g/mol. The van der Waals surface area contributed by atoms with E-state index in [0.29, 0.717) is 17.1 Å². The van der Waals surface area contributed by atoms with Crippen molar-refractivity contribution in [1.29, 1.82) is 0 Å². The van der Waals surface area contributed by atoms with Crippen molar-refractivity contribution >= 4 is 0 Å². The molecule has 112 valence electrons. The molecule has 5 heteroatoms. The lowest BCUT2D eigenvalue weighted by Crippen LogP contribution is -2.14. The van der Waals surface area contributed by atoms with Gasteiger partial charge in [-0.2, -0.15) is 0 Å². The Balaban J connectivity index is 2.45. The van der Waals surface area contributed by atoms with Gasteiger partial charge in [0.25, 0.3) is 0 Å². The highest BCUT2D eigenvalue weighted by Crippen LogP contribution is 2.32. The molecule has 0 aliphatic carbocycles. The van der Waals surface area contributed by atoms with Gasteiger partial charge < -0.3 is 15.2 Å². The van der Waals surface area contributed by atoms with Crippen LogP contribution < -0.4 is 15.2 Å². The van der Waals surface area contributed by atoms with Crippen LogP contribution in [0.3, 0.4) is 0 Å². The Kier molecular flexibility index (Phi) is 4.43. The van der Waals surface area contributed by atoms with Gasteiger partial charge in [-0.25, -0.2) is 8.78 Å². The van der Waals surface area contributed by atoms with Crippen molar-refractivity contribution in [2.24, 2.45) is 5.73 Å². The SMILES string of the molecule is COc1ccc(C(N)c2cc(F)c(C)cc2F)cc1OC. The molecule has 0 saturated carbocycles. The largest absolute Gasteiger partial charge is 0.493 e. The Morgan fingerprint density at radius 2 is 1.62 bits per heavy atom. The average molecular weight is 293 g/mol. The molecule has 0 fully saturated rings. The van der Waals surface area contributed by atoms with Crippen molar-refractivity contribution in [3.05, 3.63) is 58.7 Å². The van der Waals surface area contributed by atoms with Crippen LogP contribution in [0.4, 0.5) is 8.78 Å². The smallest absolute Gasteiger partial charge is 0.161 e. The van der Waals surface area contributed by atoms with Gasteiger partial charge in [0.1, 0.15) is 11.6 Å². The molecule has 2 N–H and O–H groups in total. The van der Waals surface area contributed by atoms with Gasteiger partial charge in [0.15, 0.2) is 11.5 Å². The zero-order valence-electron chi connectivity index (χ0n) is 12.1. The number of nitrogens with two attached hydrogens (primary N) is 1. The Morgan fingerprint density at radius 1 is 0.952 bits per heavy atom. The van der Waals surface area contributed by atoms with E-state index >= 15 is 0 Å². The second-order valence-corrected chi connectivity index (χ2v) is 4.71. The van der Waals surface area contributed by atoms with E-state index < -0.39 is 17.7 Å². The summed E-state index contributed by atoms with van der Waals surface area (Å²) >= 11 is 0. The topological polar surface area (TPSA) is 44.5 Å². The molecule has 0 aliphatic rings. The maximum Gasteiger partial charge on any atom is 0.161 e. The average Bonchev–Trinajstić information content (AvgIpc) is 2.49. The molecule has 2 aromatic carbocycles. The van der Waals surface area contributed by atoms with Crippen molar-refractivity contribution in [3.8, 4) is 11.5 Å². The van der Waals surface area contributed by atoms with E-state index in [4.69, 9.17) is 15.2 Å². The number of rotatable bonds is 4. The number of aryl methyl sites for hydroxylation is 1. The van der Waals surface area contributed by atoms with Crippen LogP contribution in [0.25, 0.3) is 0 Å². The molecular formula is C16H17F2NO2. The van der Waals surface area contributed by atoms with E-state index in [2.05, 4.69) is 0 Å². The van der Waals surface area contributed by atoms with Gasteiger partial charge in [0.05, 0.1) is 20.3 Å². The quantitative estimate of drug-likeness (QED) is 0.940. The molecule has 3 nitrogen and oxygen atoms in total. The molecule has 1 atom stereocenters. The van der Waals surface area contributed by atoms with Crippen molar-refractivity contribution < 1.29 is 18.3 Å². The predicted molar refractivity (Wildman–Crippen MR) is 76.7 cm³/mol. The van der Waals surface area contributed by atoms with Crippen molar-refractivity contribution in [1.82, 2.24) is 0 Å². The van der Waals surface area contributed by atoms with E-state index in [0.717, 1.165) is 12.1 Å². The lowest BCUT2D eigenvalue weighted by atomic mass is 9.97. The summed E-state index contributed by atoms with van der Waals surface area (Å²) in [5.74, 6) is 0.0148. The van der Waals surface area contributed by atoms with E-state index in [9.17, 15) is 8.78 Å². The summed E-state index contributed by atoms with van der Waals surface area (Å²) in [6.45, 7) is 1.50. The van der Waals surface area contributed by atoms with Crippen LogP contribution in [-0.2, 0) is 0 Å². The van der Waals surface area contributed by atoms with Gasteiger partial charge in [0, 0.05) is 5.56 Å². The molecule has 0 aromatic heterocycles. The normalized spacial score (nSPS) is 12.1. The minimum atomic E-state index is -0.792. The zero-order chi connectivity index (χ0) is 15.6. The van der Waals surface area contributed by atoms with E-state index in [1.165, 1.54) is 21.1 Å². The maximum absolute atomic E-state index is 14.0. The van der Waals surface area contributed by atoms with Crippen LogP contribution in [0.5, 0.6) is 11.5 Å². The fraction of sp³-hybridized carbons (Fsp3) is 0.250. The molecule has 0 amide bonds. The molecule has 2 aromatic rings. The summed E-state index contributed by atoms with van der Waals surface area (Å²) in [6, 6.07) is 6.51. The highest BCUT2D eigenvalue weighted by Gasteiger charge is 2.17. The molecule has 0 aliphatic heterocycles. The minimum Gasteiger partial charge on any atom is -0.493 e. The highest BCUT2D eigenvalue weighted by molar-refractivity contribution is 5.46. The lowest BCUT2D eigenvalue weighted by Gasteiger charge is -2.16. The van der Waals surface area contributed by atoms with Crippen LogP contribution in [0.1, 0.15) is 22.7 Å². The summed E-state index contributed by atoms with van der Waals surface area (Å²) in [6.07, 6.45) is 0. The van der Waals surface area contributed by atoms with Crippen LogP contribution >= 0.6 is 0 Å². The molecular weight excluding hydrogens is 276 g/mol. The molecule has 0 radical (unpaired) electrons. The fourth-order valence-corrected chi connectivity index (χ4v) is 2.13. The third-order valence-electron chi connectivity index (χ3n) is 3.38. The first-order valence-corrected chi connectivity index (χ1v) is 6.41. The van der Waals surface area contributed by atoms with Gasteiger partial charge in [-0.3, -0.25) is 0 Å². The third kappa shape index (κ3) is 2.97. The minimum absolute atomic E-state index is 0.102. The first-order chi connectivity index (χ1) is 9.97. The third-order valence-corrected chi connectivity index (χ3v) is 3.38. The summed E-state index contributed by atoms with van der Waals surface area (Å²) in [4.78, 5) is 0. The summed E-state index contributed by atoms with van der Waals surface area (Å²) in [5.41, 5.74) is 7.00. The summed E-state index contributed by atoms with van der Waals surface area (Å²) in [5, 5.41) is 0.